The van der Waals surface area contributed by atoms with Gasteiger partial charge in [0, 0.05) is 41.2 Å². The average Bonchev–Trinajstić information content (AvgIpc) is 3.31. The number of hydrogen-bond donors (Lipinski definition) is 4. The van der Waals surface area contributed by atoms with Gasteiger partial charge in [-0.25, -0.2) is 18.1 Å². The molecule has 0 amide bonds. The zero-order valence-corrected chi connectivity index (χ0v) is 15.6. The van der Waals surface area contributed by atoms with Gasteiger partial charge in [0.25, 0.3) is 0 Å². The summed E-state index contributed by atoms with van der Waals surface area (Å²) in [5.74, 6) is 0.507. The number of nitrogens with zero attached hydrogens (tertiary/aromatic N) is 2. The quantitative estimate of drug-likeness (QED) is 0.405. The normalized spacial score (nSPS) is 12.2. The van der Waals surface area contributed by atoms with Gasteiger partial charge in [0.05, 0.1) is 22.5 Å². The van der Waals surface area contributed by atoms with Gasteiger partial charge in [-0.2, -0.15) is 5.10 Å². The van der Waals surface area contributed by atoms with E-state index in [4.69, 9.17) is 5.73 Å². The van der Waals surface area contributed by atoms with E-state index < -0.39 is 10.0 Å². The Bertz CT molecular complexity index is 1210. The molecule has 0 saturated heterocycles. The summed E-state index contributed by atoms with van der Waals surface area (Å²) in [5, 5.41) is 8.79. The molecule has 0 aliphatic rings. The van der Waals surface area contributed by atoms with E-state index in [2.05, 4.69) is 24.9 Å². The first-order valence-corrected chi connectivity index (χ1v) is 10.3. The number of nitrogen functional groups attached to an aromatic ring is 1. The number of rotatable bonds is 6. The van der Waals surface area contributed by atoms with E-state index in [1.165, 1.54) is 0 Å². The van der Waals surface area contributed by atoms with Gasteiger partial charge in [0.2, 0.25) is 10.0 Å². The number of sulfonamides is 1. The summed E-state index contributed by atoms with van der Waals surface area (Å²) in [6.07, 6.45) is 2.31. The van der Waals surface area contributed by atoms with E-state index >= 15 is 0 Å². The van der Waals surface area contributed by atoms with Crippen LogP contribution in [0.3, 0.4) is 0 Å². The van der Waals surface area contributed by atoms with Crippen molar-refractivity contribution >= 4 is 37.6 Å². The van der Waals surface area contributed by atoms with Crippen molar-refractivity contribution in [2.75, 3.05) is 18.0 Å². The lowest BCUT2D eigenvalue weighted by Gasteiger charge is -2.04. The number of anilines is 1. The van der Waals surface area contributed by atoms with Gasteiger partial charge in [-0.1, -0.05) is 12.1 Å². The highest BCUT2D eigenvalue weighted by Crippen LogP contribution is 2.30. The first-order chi connectivity index (χ1) is 13.0. The highest BCUT2D eigenvalue weighted by Gasteiger charge is 2.12. The third kappa shape index (κ3) is 3.38. The number of H-pyrrole nitrogens is 2. The number of aromatic nitrogens is 4. The first kappa shape index (κ1) is 17.5. The molecule has 3 heterocycles. The minimum absolute atomic E-state index is 0.0690. The van der Waals surface area contributed by atoms with Crippen molar-refractivity contribution in [3.63, 3.8) is 0 Å². The van der Waals surface area contributed by atoms with Crippen molar-refractivity contribution in [2.45, 2.75) is 13.3 Å². The Morgan fingerprint density at radius 3 is 2.78 bits per heavy atom. The lowest BCUT2D eigenvalue weighted by molar-refractivity contribution is 0.582. The standard InChI is InChI=1S/C18H20N6O2S/c1-2-27(25,26)21-8-5-12-10-14-17(22-12)13-4-3-11(15-6-7-20-24-15)9-16(13)23-18(14)19/h3-4,6-7,9-10,21-22H,2,5,8H2,1H3,(H2,19,23)(H,20,24). The summed E-state index contributed by atoms with van der Waals surface area (Å²) >= 11 is 0. The third-order valence-electron chi connectivity index (χ3n) is 4.55. The molecule has 4 rings (SSSR count). The van der Waals surface area contributed by atoms with Crippen LogP contribution in [0.1, 0.15) is 12.6 Å². The molecule has 5 N–H and O–H groups in total. The Labute approximate surface area is 156 Å². The summed E-state index contributed by atoms with van der Waals surface area (Å²) in [5.41, 5.74) is 10.5. The largest absolute Gasteiger partial charge is 0.383 e. The Balaban J connectivity index is 1.70. The van der Waals surface area contributed by atoms with Crippen LogP contribution in [0.25, 0.3) is 33.1 Å². The van der Waals surface area contributed by atoms with Gasteiger partial charge < -0.3 is 10.7 Å². The number of hydrogen-bond acceptors (Lipinski definition) is 5. The van der Waals surface area contributed by atoms with E-state index in [1.807, 2.05) is 30.3 Å². The monoisotopic (exact) mass is 384 g/mol. The molecule has 8 nitrogen and oxygen atoms in total. The SMILES string of the molecule is CCS(=O)(=O)NCCc1cc2c(N)nc3cc(-c4cc[nH]n4)ccc3c2[nH]1. The summed E-state index contributed by atoms with van der Waals surface area (Å²) in [6.45, 7) is 1.94. The fourth-order valence-corrected chi connectivity index (χ4v) is 3.73. The van der Waals surface area contributed by atoms with Gasteiger partial charge in [-0.15, -0.1) is 0 Å². The second-order valence-electron chi connectivity index (χ2n) is 6.32. The summed E-state index contributed by atoms with van der Waals surface area (Å²) in [7, 11) is -3.20. The zero-order valence-electron chi connectivity index (χ0n) is 14.8. The van der Waals surface area contributed by atoms with Crippen molar-refractivity contribution in [1.29, 1.82) is 0 Å². The molecule has 140 valence electrons. The smallest absolute Gasteiger partial charge is 0.211 e. The number of fused-ring (bicyclic) bond motifs is 3. The van der Waals surface area contributed by atoms with Gasteiger partial charge in [0.15, 0.2) is 0 Å². The molecule has 27 heavy (non-hydrogen) atoms. The number of pyridine rings is 1. The summed E-state index contributed by atoms with van der Waals surface area (Å²) < 4.78 is 25.7. The van der Waals surface area contributed by atoms with Gasteiger partial charge in [0.1, 0.15) is 5.82 Å². The molecule has 0 spiro atoms. The molecule has 0 unspecified atom stereocenters. The molecule has 1 aromatic carbocycles. The molecule has 0 aliphatic heterocycles. The zero-order chi connectivity index (χ0) is 19.0. The predicted molar refractivity (Wildman–Crippen MR) is 107 cm³/mol. The van der Waals surface area contributed by atoms with E-state index in [0.717, 1.165) is 38.8 Å². The fraction of sp³-hybridized carbons (Fsp3) is 0.222. The van der Waals surface area contributed by atoms with Crippen molar-refractivity contribution in [1.82, 2.24) is 24.9 Å². The molecule has 0 saturated carbocycles. The van der Waals surface area contributed by atoms with Crippen LogP contribution in [0.4, 0.5) is 5.82 Å². The van der Waals surface area contributed by atoms with Gasteiger partial charge in [-0.3, -0.25) is 5.10 Å². The van der Waals surface area contributed by atoms with Crippen LogP contribution in [0.15, 0.2) is 36.5 Å². The minimum Gasteiger partial charge on any atom is -0.383 e. The molecule has 0 bridgehead atoms. The molecule has 0 aliphatic carbocycles. The molecular formula is C18H20N6O2S. The van der Waals surface area contributed by atoms with Crippen LogP contribution in [0.5, 0.6) is 0 Å². The number of nitrogens with two attached hydrogens (primary N) is 1. The molecule has 0 radical (unpaired) electrons. The highest BCUT2D eigenvalue weighted by molar-refractivity contribution is 7.89. The van der Waals surface area contributed by atoms with E-state index in [9.17, 15) is 8.42 Å². The van der Waals surface area contributed by atoms with Crippen LogP contribution < -0.4 is 10.5 Å². The van der Waals surface area contributed by atoms with Crippen molar-refractivity contribution < 1.29 is 8.42 Å². The van der Waals surface area contributed by atoms with E-state index in [-0.39, 0.29) is 5.75 Å². The third-order valence-corrected chi connectivity index (χ3v) is 5.95. The Kier molecular flexibility index (Phi) is 4.33. The Morgan fingerprint density at radius 2 is 2.04 bits per heavy atom. The molecular weight excluding hydrogens is 364 g/mol. The van der Waals surface area contributed by atoms with E-state index in [1.54, 1.807) is 13.1 Å². The van der Waals surface area contributed by atoms with Crippen LogP contribution >= 0.6 is 0 Å². The van der Waals surface area contributed by atoms with E-state index in [0.29, 0.717) is 18.8 Å². The van der Waals surface area contributed by atoms with Crippen LogP contribution in [0.2, 0.25) is 0 Å². The summed E-state index contributed by atoms with van der Waals surface area (Å²) in [6, 6.07) is 9.77. The molecule has 4 aromatic rings. The molecule has 9 heteroatoms. The predicted octanol–water partition coefficient (Wildman–Crippen LogP) is 2.17. The molecule has 0 fully saturated rings. The second-order valence-corrected chi connectivity index (χ2v) is 8.41. The minimum atomic E-state index is -3.20. The maximum absolute atomic E-state index is 11.6. The molecule has 3 aromatic heterocycles. The van der Waals surface area contributed by atoms with Crippen molar-refractivity contribution in [3.8, 4) is 11.3 Å². The van der Waals surface area contributed by atoms with Gasteiger partial charge in [-0.05, 0) is 25.1 Å². The van der Waals surface area contributed by atoms with Crippen molar-refractivity contribution in [2.24, 2.45) is 0 Å². The number of benzene rings is 1. The van der Waals surface area contributed by atoms with Crippen LogP contribution in [-0.4, -0.2) is 40.9 Å². The Hall–Kier alpha value is -2.91. The fourth-order valence-electron chi connectivity index (χ4n) is 3.11. The first-order valence-electron chi connectivity index (χ1n) is 8.65. The maximum atomic E-state index is 11.6. The average molecular weight is 384 g/mol. The van der Waals surface area contributed by atoms with Crippen LogP contribution in [0, 0.1) is 0 Å². The molecule has 0 atom stereocenters. The number of nitrogens with one attached hydrogen (secondary N) is 3. The highest BCUT2D eigenvalue weighted by atomic mass is 32.2. The lowest BCUT2D eigenvalue weighted by Crippen LogP contribution is -2.27. The number of aromatic amines is 2. The van der Waals surface area contributed by atoms with Gasteiger partial charge >= 0.3 is 0 Å². The maximum Gasteiger partial charge on any atom is 0.211 e. The Morgan fingerprint density at radius 1 is 1.19 bits per heavy atom. The lowest BCUT2D eigenvalue weighted by atomic mass is 10.1. The van der Waals surface area contributed by atoms with Crippen molar-refractivity contribution in [3.05, 3.63) is 42.2 Å². The van der Waals surface area contributed by atoms with Crippen LogP contribution in [-0.2, 0) is 16.4 Å². The second kappa shape index (κ2) is 6.67. The topological polar surface area (TPSA) is 130 Å². The summed E-state index contributed by atoms with van der Waals surface area (Å²) in [4.78, 5) is 7.89.